The molecule has 2 rings (SSSR count). The minimum Gasteiger partial charge on any atom is -0.371 e. The van der Waals surface area contributed by atoms with E-state index in [2.05, 4.69) is 17.1 Å². The summed E-state index contributed by atoms with van der Waals surface area (Å²) in [4.78, 5) is 4.18. The van der Waals surface area contributed by atoms with E-state index < -0.39 is 9.53 Å². The lowest BCUT2D eigenvalue weighted by atomic mass is 10.2. The molecule has 0 aliphatic carbocycles. The van der Waals surface area contributed by atoms with Gasteiger partial charge in [0.15, 0.2) is 0 Å². The van der Waals surface area contributed by atoms with Crippen LogP contribution in [0.15, 0.2) is 42.6 Å². The van der Waals surface area contributed by atoms with Crippen LogP contribution in [0.4, 0.5) is 0 Å². The molecule has 0 saturated heterocycles. The van der Waals surface area contributed by atoms with Gasteiger partial charge in [0.25, 0.3) is 0 Å². The summed E-state index contributed by atoms with van der Waals surface area (Å²) < 4.78 is 15.5. The molecule has 0 aliphatic rings. The van der Waals surface area contributed by atoms with Gasteiger partial charge in [-0.2, -0.15) is 0 Å². The van der Waals surface area contributed by atoms with Crippen molar-refractivity contribution in [2.75, 3.05) is 19.8 Å². The highest BCUT2D eigenvalue weighted by molar-refractivity contribution is 6.36. The second kappa shape index (κ2) is 10.5. The van der Waals surface area contributed by atoms with Gasteiger partial charge in [0.2, 0.25) is 0 Å². The molecule has 1 aromatic carbocycles. The van der Waals surface area contributed by atoms with Gasteiger partial charge in [0.05, 0.1) is 5.52 Å². The third-order valence-electron chi connectivity index (χ3n) is 2.30. The van der Waals surface area contributed by atoms with Crippen LogP contribution in [-0.4, -0.2) is 34.3 Å². The first kappa shape index (κ1) is 16.8. The molecule has 0 aliphatic heterocycles. The Labute approximate surface area is 122 Å². The van der Waals surface area contributed by atoms with Crippen molar-refractivity contribution < 1.29 is 13.3 Å². The largest absolute Gasteiger partial charge is 0.577 e. The third kappa shape index (κ3) is 6.25. The summed E-state index contributed by atoms with van der Waals surface area (Å²) >= 11 is 0. The minimum atomic E-state index is -1.40. The number of nitrogens with zero attached hydrogens (tertiary/aromatic N) is 1. The van der Waals surface area contributed by atoms with E-state index in [-0.39, 0.29) is 0 Å². The van der Waals surface area contributed by atoms with E-state index in [4.69, 9.17) is 13.3 Å². The number of fused-ring (bicyclic) bond motifs is 1. The Kier molecular flexibility index (Phi) is 8.82. The number of aromatic nitrogens is 1. The van der Waals surface area contributed by atoms with Gasteiger partial charge in [-0.05, 0) is 32.9 Å². The molecule has 1 heterocycles. The van der Waals surface area contributed by atoms with Crippen LogP contribution >= 0.6 is 0 Å². The molecular formula is C15H22NO3Si. The summed E-state index contributed by atoms with van der Waals surface area (Å²) in [5.41, 5.74) is 1.06. The zero-order valence-corrected chi connectivity index (χ0v) is 13.3. The third-order valence-corrected chi connectivity index (χ3v) is 3.87. The highest BCUT2D eigenvalue weighted by Gasteiger charge is 2.15. The van der Waals surface area contributed by atoms with Crippen LogP contribution in [0.1, 0.15) is 20.8 Å². The van der Waals surface area contributed by atoms with E-state index in [1.807, 2.05) is 51.2 Å². The molecule has 4 nitrogen and oxygen atoms in total. The minimum absolute atomic E-state index is 0.661. The Morgan fingerprint density at radius 3 is 1.95 bits per heavy atom. The first-order valence-electron chi connectivity index (χ1n) is 6.86. The maximum Gasteiger partial charge on any atom is 0.577 e. The van der Waals surface area contributed by atoms with Gasteiger partial charge in [-0.1, -0.05) is 24.3 Å². The van der Waals surface area contributed by atoms with Crippen molar-refractivity contribution >= 4 is 20.4 Å². The summed E-state index contributed by atoms with van der Waals surface area (Å²) in [5.74, 6) is 0. The van der Waals surface area contributed by atoms with Gasteiger partial charge in [-0.3, -0.25) is 4.98 Å². The van der Waals surface area contributed by atoms with Gasteiger partial charge >= 0.3 is 9.53 Å². The van der Waals surface area contributed by atoms with Crippen LogP contribution in [0.2, 0.25) is 0 Å². The zero-order chi connectivity index (χ0) is 14.6. The standard InChI is InChI=1S/C9H7N.C6H15O3Si/c1-2-6-9-8(4-1)5-3-7-10-9;1-4-7-10(8-5-2)9-6-3/h1-7H;4-6H2,1-3H3. The molecule has 1 aromatic heterocycles. The molecule has 2 aromatic rings. The molecule has 0 unspecified atom stereocenters. The van der Waals surface area contributed by atoms with Gasteiger partial charge in [0, 0.05) is 31.4 Å². The van der Waals surface area contributed by atoms with Crippen molar-refractivity contribution in [2.45, 2.75) is 20.8 Å². The first-order chi connectivity index (χ1) is 9.81. The molecule has 0 fully saturated rings. The van der Waals surface area contributed by atoms with Crippen molar-refractivity contribution in [1.82, 2.24) is 4.98 Å². The van der Waals surface area contributed by atoms with E-state index in [0.717, 1.165) is 5.52 Å². The van der Waals surface area contributed by atoms with Crippen LogP contribution in [0.3, 0.4) is 0 Å². The maximum atomic E-state index is 5.18. The average Bonchev–Trinajstić information content (AvgIpc) is 2.49. The lowest BCUT2D eigenvalue weighted by Crippen LogP contribution is -2.27. The molecule has 0 atom stereocenters. The summed E-state index contributed by atoms with van der Waals surface area (Å²) in [6, 6.07) is 12.1. The Hall–Kier alpha value is -1.27. The normalized spacial score (nSPS) is 10.4. The Balaban J connectivity index is 0.000000200. The van der Waals surface area contributed by atoms with Crippen LogP contribution < -0.4 is 0 Å². The second-order valence-corrected chi connectivity index (χ2v) is 5.11. The van der Waals surface area contributed by atoms with Crippen LogP contribution in [0, 0.1) is 0 Å². The number of hydrogen-bond donors (Lipinski definition) is 0. The fourth-order valence-electron chi connectivity index (χ4n) is 1.49. The maximum absolute atomic E-state index is 5.18. The fourth-order valence-corrected chi connectivity index (χ4v) is 2.45. The number of rotatable bonds is 6. The van der Waals surface area contributed by atoms with Crippen molar-refractivity contribution in [3.05, 3.63) is 42.6 Å². The number of pyridine rings is 1. The molecule has 0 amide bonds. The van der Waals surface area contributed by atoms with E-state index >= 15 is 0 Å². The smallest absolute Gasteiger partial charge is 0.371 e. The van der Waals surface area contributed by atoms with Crippen molar-refractivity contribution in [1.29, 1.82) is 0 Å². The molecule has 109 valence electrons. The molecule has 20 heavy (non-hydrogen) atoms. The molecule has 0 N–H and O–H groups in total. The van der Waals surface area contributed by atoms with Crippen LogP contribution in [0.5, 0.6) is 0 Å². The van der Waals surface area contributed by atoms with Crippen LogP contribution in [0.25, 0.3) is 10.9 Å². The summed E-state index contributed by atoms with van der Waals surface area (Å²) in [6.07, 6.45) is 1.81. The summed E-state index contributed by atoms with van der Waals surface area (Å²) in [7, 11) is -1.40. The van der Waals surface area contributed by atoms with Gasteiger partial charge in [-0.15, -0.1) is 0 Å². The second-order valence-electron chi connectivity index (χ2n) is 3.75. The Morgan fingerprint density at radius 2 is 1.40 bits per heavy atom. The SMILES string of the molecule is CCO[Si](OCC)OCC.c1ccc2ncccc2c1. The highest BCUT2D eigenvalue weighted by atomic mass is 28.3. The fraction of sp³-hybridized carbons (Fsp3) is 0.400. The number of hydrogen-bond acceptors (Lipinski definition) is 4. The van der Waals surface area contributed by atoms with Gasteiger partial charge in [-0.25, -0.2) is 0 Å². The van der Waals surface area contributed by atoms with Crippen LogP contribution in [-0.2, 0) is 13.3 Å². The number of para-hydroxylation sites is 1. The molecule has 1 radical (unpaired) electrons. The lowest BCUT2D eigenvalue weighted by Gasteiger charge is -2.10. The molecule has 0 spiro atoms. The monoisotopic (exact) mass is 292 g/mol. The quantitative estimate of drug-likeness (QED) is 0.766. The highest BCUT2D eigenvalue weighted by Crippen LogP contribution is 2.07. The predicted octanol–water partition coefficient (Wildman–Crippen LogP) is 3.32. The molecular weight excluding hydrogens is 270 g/mol. The van der Waals surface area contributed by atoms with E-state index in [0.29, 0.717) is 19.8 Å². The van der Waals surface area contributed by atoms with Gasteiger partial charge in [0.1, 0.15) is 0 Å². The van der Waals surface area contributed by atoms with E-state index in [1.165, 1.54) is 5.39 Å². The predicted molar refractivity (Wildman–Crippen MR) is 82.4 cm³/mol. The molecule has 0 bridgehead atoms. The molecule has 0 saturated carbocycles. The Bertz CT molecular complexity index is 402. The van der Waals surface area contributed by atoms with Crippen molar-refractivity contribution in [3.8, 4) is 0 Å². The van der Waals surface area contributed by atoms with Crippen molar-refractivity contribution in [3.63, 3.8) is 0 Å². The lowest BCUT2D eigenvalue weighted by molar-refractivity contribution is 0.107. The summed E-state index contributed by atoms with van der Waals surface area (Å²) in [5, 5.41) is 1.20. The summed E-state index contributed by atoms with van der Waals surface area (Å²) in [6.45, 7) is 7.78. The van der Waals surface area contributed by atoms with Gasteiger partial charge < -0.3 is 13.3 Å². The average molecular weight is 292 g/mol. The first-order valence-corrected chi connectivity index (χ1v) is 8.09. The van der Waals surface area contributed by atoms with E-state index in [9.17, 15) is 0 Å². The molecule has 5 heteroatoms. The topological polar surface area (TPSA) is 40.6 Å². The van der Waals surface area contributed by atoms with Crippen molar-refractivity contribution in [2.24, 2.45) is 0 Å². The van der Waals surface area contributed by atoms with E-state index in [1.54, 1.807) is 0 Å². The zero-order valence-electron chi connectivity index (χ0n) is 12.3. The Morgan fingerprint density at radius 1 is 0.850 bits per heavy atom. The number of benzene rings is 1.